The van der Waals surface area contributed by atoms with Crippen LogP contribution in [-0.2, 0) is 11.3 Å². The predicted molar refractivity (Wildman–Crippen MR) is 135 cm³/mol. The van der Waals surface area contributed by atoms with E-state index in [9.17, 15) is 9.59 Å². The molecule has 0 aliphatic carbocycles. The summed E-state index contributed by atoms with van der Waals surface area (Å²) in [7, 11) is 0. The lowest BCUT2D eigenvalue weighted by Gasteiger charge is -2.31. The summed E-state index contributed by atoms with van der Waals surface area (Å²) in [5.41, 5.74) is 1.71. The van der Waals surface area contributed by atoms with Crippen LogP contribution in [0.4, 0.5) is 5.69 Å². The zero-order chi connectivity index (χ0) is 24.8. The van der Waals surface area contributed by atoms with Crippen LogP contribution in [0.25, 0.3) is 11.4 Å². The molecule has 2 amide bonds. The van der Waals surface area contributed by atoms with Crippen molar-refractivity contribution in [3.63, 3.8) is 0 Å². The number of carbonyl (C=O) groups excluding carboxylic acids is 2. The fraction of sp³-hybridized carbons (Fsp3) is 0.385. The number of likely N-dealkylation sites (tertiary alicyclic amines) is 1. The molecule has 35 heavy (non-hydrogen) atoms. The molecule has 8 nitrogen and oxygen atoms in total. The highest BCUT2D eigenvalue weighted by atomic mass is 35.5. The minimum Gasteiger partial charge on any atom is -0.350 e. The van der Waals surface area contributed by atoms with Crippen molar-refractivity contribution in [1.82, 2.24) is 20.4 Å². The first-order valence-corrected chi connectivity index (χ1v) is 12.3. The Balaban J connectivity index is 1.38. The van der Waals surface area contributed by atoms with Gasteiger partial charge in [-0.1, -0.05) is 47.9 Å². The monoisotopic (exact) mass is 495 g/mol. The van der Waals surface area contributed by atoms with E-state index < -0.39 is 0 Å². The summed E-state index contributed by atoms with van der Waals surface area (Å²) >= 11 is 6.24. The number of nitrogens with one attached hydrogen (secondary N) is 2. The van der Waals surface area contributed by atoms with E-state index >= 15 is 0 Å². The maximum absolute atomic E-state index is 13.1. The summed E-state index contributed by atoms with van der Waals surface area (Å²) in [4.78, 5) is 32.4. The second-order valence-corrected chi connectivity index (χ2v) is 9.29. The summed E-state index contributed by atoms with van der Waals surface area (Å²) < 4.78 is 5.44. The Morgan fingerprint density at radius 1 is 1.20 bits per heavy atom. The maximum atomic E-state index is 13.1. The van der Waals surface area contributed by atoms with Crippen LogP contribution in [0.3, 0.4) is 0 Å². The molecular formula is C26H30ClN5O3. The van der Waals surface area contributed by atoms with Gasteiger partial charge in [0.05, 0.1) is 28.7 Å². The number of carbonyl (C=O) groups is 2. The van der Waals surface area contributed by atoms with Crippen molar-refractivity contribution in [1.29, 1.82) is 0 Å². The largest absolute Gasteiger partial charge is 0.350 e. The molecule has 2 unspecified atom stereocenters. The van der Waals surface area contributed by atoms with Crippen LogP contribution in [0, 0.1) is 5.92 Å². The minimum atomic E-state index is -0.208. The van der Waals surface area contributed by atoms with E-state index in [-0.39, 0.29) is 23.8 Å². The molecule has 2 aromatic carbocycles. The molecule has 9 heteroatoms. The molecule has 0 spiro atoms. The molecule has 2 atom stereocenters. The van der Waals surface area contributed by atoms with Crippen LogP contribution in [0.5, 0.6) is 0 Å². The highest BCUT2D eigenvalue weighted by Crippen LogP contribution is 2.26. The number of rotatable bonds is 8. The van der Waals surface area contributed by atoms with Crippen LogP contribution in [0.2, 0.25) is 5.02 Å². The van der Waals surface area contributed by atoms with Gasteiger partial charge in [0.15, 0.2) is 0 Å². The highest BCUT2D eigenvalue weighted by molar-refractivity contribution is 6.33. The summed E-state index contributed by atoms with van der Waals surface area (Å²) in [6.07, 6.45) is 2.48. The van der Waals surface area contributed by atoms with E-state index in [0.717, 1.165) is 31.4 Å². The molecule has 4 rings (SSSR count). The second kappa shape index (κ2) is 11.5. The van der Waals surface area contributed by atoms with Crippen molar-refractivity contribution in [3.8, 4) is 11.4 Å². The van der Waals surface area contributed by atoms with Crippen molar-refractivity contribution in [3.05, 3.63) is 65.0 Å². The Kier molecular flexibility index (Phi) is 8.15. The fourth-order valence-electron chi connectivity index (χ4n) is 4.10. The van der Waals surface area contributed by atoms with Gasteiger partial charge in [-0.3, -0.25) is 14.5 Å². The third kappa shape index (κ3) is 6.26. The maximum Gasteiger partial charge on any atom is 0.253 e. The Morgan fingerprint density at radius 2 is 1.97 bits per heavy atom. The molecule has 1 fully saturated rings. The predicted octanol–water partition coefficient (Wildman–Crippen LogP) is 4.77. The molecule has 2 heterocycles. The zero-order valence-corrected chi connectivity index (χ0v) is 20.7. The number of benzene rings is 2. The van der Waals surface area contributed by atoms with E-state index in [1.807, 2.05) is 38.1 Å². The third-order valence-corrected chi connectivity index (χ3v) is 6.57. The van der Waals surface area contributed by atoms with Crippen LogP contribution in [0.1, 0.15) is 49.4 Å². The number of hydrogen-bond acceptors (Lipinski definition) is 6. The molecule has 1 saturated heterocycles. The Hall–Kier alpha value is -3.23. The molecular weight excluding hydrogens is 466 g/mol. The molecule has 0 saturated carbocycles. The number of nitrogens with zero attached hydrogens (tertiary/aromatic N) is 3. The summed E-state index contributed by atoms with van der Waals surface area (Å²) in [6.45, 7) is 5.82. The second-order valence-electron chi connectivity index (χ2n) is 8.88. The van der Waals surface area contributed by atoms with Crippen molar-refractivity contribution >= 4 is 29.1 Å². The average Bonchev–Trinajstić information content (AvgIpc) is 3.32. The number of anilines is 1. The normalized spacial score (nSPS) is 17.1. The Bertz CT molecular complexity index is 1180. The Morgan fingerprint density at radius 3 is 2.77 bits per heavy atom. The van der Waals surface area contributed by atoms with Crippen molar-refractivity contribution in [2.75, 3.05) is 18.4 Å². The molecule has 1 aromatic heterocycles. The Labute approximate surface area is 210 Å². The quantitative estimate of drug-likeness (QED) is 0.467. The summed E-state index contributed by atoms with van der Waals surface area (Å²) in [5.74, 6) is 0.435. The topological polar surface area (TPSA) is 100 Å². The number of para-hydroxylation sites is 1. The molecule has 1 aliphatic rings. The van der Waals surface area contributed by atoms with Gasteiger partial charge in [0, 0.05) is 18.2 Å². The first kappa shape index (κ1) is 24.9. The first-order valence-electron chi connectivity index (χ1n) is 11.9. The van der Waals surface area contributed by atoms with Crippen molar-refractivity contribution in [2.45, 2.75) is 45.7 Å². The van der Waals surface area contributed by atoms with Gasteiger partial charge in [-0.05, 0) is 57.0 Å². The fourth-order valence-corrected chi connectivity index (χ4v) is 4.32. The van der Waals surface area contributed by atoms with E-state index in [1.165, 1.54) is 0 Å². The number of piperidine rings is 1. The van der Waals surface area contributed by atoms with Gasteiger partial charge < -0.3 is 15.2 Å². The number of aromatic nitrogens is 2. The highest BCUT2D eigenvalue weighted by Gasteiger charge is 2.28. The molecule has 184 valence electrons. The molecule has 1 aliphatic heterocycles. The SMILES string of the molecule is CCC(C)NC(=O)c1ccccc1NC(=O)C1CCCN(Cc2nc(-c3ccccc3Cl)no2)C1. The number of halogens is 1. The van der Waals surface area contributed by atoms with Gasteiger partial charge in [0.25, 0.3) is 5.91 Å². The lowest BCUT2D eigenvalue weighted by molar-refractivity contribution is -0.121. The van der Waals surface area contributed by atoms with E-state index in [0.29, 0.717) is 41.1 Å². The van der Waals surface area contributed by atoms with Gasteiger partial charge in [-0.15, -0.1) is 0 Å². The third-order valence-electron chi connectivity index (χ3n) is 6.24. The van der Waals surface area contributed by atoms with Gasteiger partial charge in [0.2, 0.25) is 17.6 Å². The standard InChI is InChI=1S/C26H30ClN5O3/c1-3-17(2)28-26(34)20-11-5-7-13-22(20)29-25(33)18-9-8-14-32(15-18)16-23-30-24(31-35-23)19-10-4-6-12-21(19)27/h4-7,10-13,17-18H,3,8-9,14-16H2,1-2H3,(H,28,34)(H,29,33). The van der Waals surface area contributed by atoms with E-state index in [1.54, 1.807) is 24.3 Å². The average molecular weight is 496 g/mol. The van der Waals surface area contributed by atoms with Crippen LogP contribution in [-0.4, -0.2) is 46.0 Å². The lowest BCUT2D eigenvalue weighted by atomic mass is 9.96. The molecule has 0 bridgehead atoms. The van der Waals surface area contributed by atoms with Gasteiger partial charge in [-0.25, -0.2) is 0 Å². The lowest BCUT2D eigenvalue weighted by Crippen LogP contribution is -2.40. The first-order chi connectivity index (χ1) is 16.9. The number of hydrogen-bond donors (Lipinski definition) is 2. The van der Waals surface area contributed by atoms with Crippen molar-refractivity contribution in [2.24, 2.45) is 5.92 Å². The van der Waals surface area contributed by atoms with Crippen LogP contribution < -0.4 is 10.6 Å². The smallest absolute Gasteiger partial charge is 0.253 e. The van der Waals surface area contributed by atoms with Crippen LogP contribution >= 0.6 is 11.6 Å². The van der Waals surface area contributed by atoms with Gasteiger partial charge in [0.1, 0.15) is 0 Å². The number of amides is 2. The molecule has 3 aromatic rings. The zero-order valence-electron chi connectivity index (χ0n) is 20.0. The van der Waals surface area contributed by atoms with Crippen LogP contribution in [0.15, 0.2) is 53.1 Å². The van der Waals surface area contributed by atoms with Gasteiger partial charge >= 0.3 is 0 Å². The van der Waals surface area contributed by atoms with E-state index in [2.05, 4.69) is 25.7 Å². The van der Waals surface area contributed by atoms with Crippen molar-refractivity contribution < 1.29 is 14.1 Å². The molecule has 2 N–H and O–H groups in total. The van der Waals surface area contributed by atoms with E-state index in [4.69, 9.17) is 16.1 Å². The van der Waals surface area contributed by atoms with Gasteiger partial charge in [-0.2, -0.15) is 4.98 Å². The summed E-state index contributed by atoms with van der Waals surface area (Å²) in [5, 5.41) is 10.6. The summed E-state index contributed by atoms with van der Waals surface area (Å²) in [6, 6.07) is 14.5. The minimum absolute atomic E-state index is 0.0568. The molecule has 0 radical (unpaired) electrons.